The molecule has 3 rings (SSSR count). The fraction of sp³-hybridized carbons (Fsp3) is 0.250. The van der Waals surface area contributed by atoms with Crippen LogP contribution in [0.1, 0.15) is 18.4 Å². The van der Waals surface area contributed by atoms with Gasteiger partial charge in [0, 0.05) is 29.7 Å². The number of aromatic nitrogens is 1. The van der Waals surface area contributed by atoms with E-state index in [2.05, 4.69) is 5.32 Å². The number of nitro benzene ring substituents is 1. The summed E-state index contributed by atoms with van der Waals surface area (Å²) in [5.74, 6) is -1.79. The molecule has 1 amide bonds. The number of nitrogens with zero attached hydrogens (tertiary/aromatic N) is 2. The van der Waals surface area contributed by atoms with Gasteiger partial charge in [-0.2, -0.15) is 0 Å². The molecule has 10 nitrogen and oxygen atoms in total. The van der Waals surface area contributed by atoms with Gasteiger partial charge in [0.25, 0.3) is 11.6 Å². The Labute approximate surface area is 180 Å². The number of carbonyl (C=O) groups excluding carboxylic acids is 2. The van der Waals surface area contributed by atoms with E-state index in [4.69, 9.17) is 20.8 Å². The molecule has 0 unspecified atom stereocenters. The number of hydrogen-bond donors (Lipinski definition) is 1. The molecule has 0 saturated carbocycles. The predicted molar refractivity (Wildman–Crippen MR) is 112 cm³/mol. The monoisotopic (exact) mass is 447 g/mol. The van der Waals surface area contributed by atoms with Crippen molar-refractivity contribution in [1.82, 2.24) is 4.57 Å². The van der Waals surface area contributed by atoms with Gasteiger partial charge in [-0.25, -0.2) is 4.79 Å². The van der Waals surface area contributed by atoms with Gasteiger partial charge in [0.15, 0.2) is 12.2 Å². The Morgan fingerprint density at radius 3 is 2.81 bits per heavy atom. The minimum atomic E-state index is -0.680. The van der Waals surface area contributed by atoms with Crippen LogP contribution in [0.5, 0.6) is 0 Å². The molecular weight excluding hydrogens is 430 g/mol. The number of nitro groups is 1. The van der Waals surface area contributed by atoms with Crippen LogP contribution in [-0.2, 0) is 20.9 Å². The lowest BCUT2D eigenvalue weighted by molar-refractivity contribution is -0.384. The Bertz CT molecular complexity index is 1220. The number of esters is 1. The topological polar surface area (TPSA) is 134 Å². The summed E-state index contributed by atoms with van der Waals surface area (Å²) in [6.45, 7) is 1.44. The van der Waals surface area contributed by atoms with Crippen molar-refractivity contribution >= 4 is 46.0 Å². The first-order chi connectivity index (χ1) is 14.8. The molecule has 3 aromatic rings. The molecule has 2 aromatic carbocycles. The summed E-state index contributed by atoms with van der Waals surface area (Å²) in [4.78, 5) is 46.1. The number of oxazole rings is 1. The minimum Gasteiger partial charge on any atom is -0.456 e. The van der Waals surface area contributed by atoms with Crippen molar-refractivity contribution < 1.29 is 23.7 Å². The molecule has 0 bridgehead atoms. The van der Waals surface area contributed by atoms with Gasteiger partial charge in [0.2, 0.25) is 0 Å². The first kappa shape index (κ1) is 22.0. The molecule has 0 aliphatic carbocycles. The summed E-state index contributed by atoms with van der Waals surface area (Å²) in [6.07, 6.45) is 0.217. The van der Waals surface area contributed by atoms with Crippen LogP contribution in [0.2, 0.25) is 5.02 Å². The highest BCUT2D eigenvalue weighted by molar-refractivity contribution is 6.31. The van der Waals surface area contributed by atoms with Crippen LogP contribution in [0.4, 0.5) is 11.4 Å². The SMILES string of the molecule is Cc1c(Cl)cccc1NC(=O)COC(=O)CCCn1c(=O)oc2cc([N+](=O)[O-])ccc21. The highest BCUT2D eigenvalue weighted by Crippen LogP contribution is 2.23. The lowest BCUT2D eigenvalue weighted by atomic mass is 10.2. The van der Waals surface area contributed by atoms with E-state index in [1.54, 1.807) is 25.1 Å². The number of fused-ring (bicyclic) bond motifs is 1. The maximum atomic E-state index is 12.0. The van der Waals surface area contributed by atoms with Gasteiger partial charge in [0.05, 0.1) is 16.5 Å². The third-order valence-electron chi connectivity index (χ3n) is 4.53. The summed E-state index contributed by atoms with van der Waals surface area (Å²) >= 11 is 6.00. The van der Waals surface area contributed by atoms with E-state index in [-0.39, 0.29) is 30.7 Å². The molecule has 1 N–H and O–H groups in total. The zero-order valence-electron chi connectivity index (χ0n) is 16.4. The van der Waals surface area contributed by atoms with Crippen LogP contribution in [0, 0.1) is 17.0 Å². The zero-order valence-corrected chi connectivity index (χ0v) is 17.2. The number of anilines is 1. The van der Waals surface area contributed by atoms with Crippen LogP contribution in [0.25, 0.3) is 11.1 Å². The maximum Gasteiger partial charge on any atom is 0.419 e. The number of halogens is 1. The summed E-state index contributed by atoms with van der Waals surface area (Å²) in [6, 6.07) is 8.92. The van der Waals surface area contributed by atoms with E-state index >= 15 is 0 Å². The number of rotatable bonds is 8. The standard InChI is InChI=1S/C20H18ClN3O7/c1-12-14(21)4-2-5-15(12)22-18(25)11-30-19(26)6-3-9-23-16-8-7-13(24(28)29)10-17(16)31-20(23)27/h2,4-5,7-8,10H,3,6,9,11H2,1H3,(H,22,25). The van der Waals surface area contributed by atoms with Gasteiger partial charge in [-0.05, 0) is 37.1 Å². The van der Waals surface area contributed by atoms with Crippen LogP contribution < -0.4 is 11.1 Å². The largest absolute Gasteiger partial charge is 0.456 e. The van der Waals surface area contributed by atoms with Crippen LogP contribution in [0.15, 0.2) is 45.6 Å². The number of amides is 1. The van der Waals surface area contributed by atoms with E-state index in [1.165, 1.54) is 22.8 Å². The predicted octanol–water partition coefficient (Wildman–Crippen LogP) is 3.43. The van der Waals surface area contributed by atoms with E-state index in [0.717, 1.165) is 0 Å². The Balaban J connectivity index is 1.50. The molecule has 0 fully saturated rings. The first-order valence-electron chi connectivity index (χ1n) is 9.24. The smallest absolute Gasteiger partial charge is 0.419 e. The molecule has 0 saturated heterocycles. The first-order valence-corrected chi connectivity index (χ1v) is 9.62. The number of nitrogens with one attached hydrogen (secondary N) is 1. The Kier molecular flexibility index (Phi) is 6.71. The number of benzene rings is 2. The quantitative estimate of drug-likeness (QED) is 0.317. The lowest BCUT2D eigenvalue weighted by Crippen LogP contribution is -2.21. The molecule has 0 atom stereocenters. The normalized spacial score (nSPS) is 10.8. The Morgan fingerprint density at radius 1 is 1.29 bits per heavy atom. The number of hydrogen-bond acceptors (Lipinski definition) is 7. The van der Waals surface area contributed by atoms with Crippen LogP contribution in [0.3, 0.4) is 0 Å². The number of aryl methyl sites for hydroxylation is 1. The van der Waals surface area contributed by atoms with Gasteiger partial charge in [0.1, 0.15) is 0 Å². The fourth-order valence-electron chi connectivity index (χ4n) is 2.91. The van der Waals surface area contributed by atoms with Gasteiger partial charge in [-0.3, -0.25) is 24.3 Å². The summed E-state index contributed by atoms with van der Waals surface area (Å²) in [5.41, 5.74) is 1.52. The van der Waals surface area contributed by atoms with Gasteiger partial charge in [-0.1, -0.05) is 17.7 Å². The van der Waals surface area contributed by atoms with Crippen molar-refractivity contribution in [3.8, 4) is 0 Å². The van der Waals surface area contributed by atoms with Crippen molar-refractivity contribution in [2.45, 2.75) is 26.3 Å². The van der Waals surface area contributed by atoms with Gasteiger partial charge in [-0.15, -0.1) is 0 Å². The van der Waals surface area contributed by atoms with Crippen LogP contribution >= 0.6 is 11.6 Å². The van der Waals surface area contributed by atoms with E-state index in [0.29, 0.717) is 21.8 Å². The van der Waals surface area contributed by atoms with Crippen molar-refractivity contribution in [2.75, 3.05) is 11.9 Å². The summed E-state index contributed by atoms with van der Waals surface area (Å²) in [5, 5.41) is 13.9. The van der Waals surface area contributed by atoms with E-state index in [1.807, 2.05) is 0 Å². The minimum absolute atomic E-state index is 0.0322. The molecule has 1 heterocycles. The molecular formula is C20H18ClN3O7. The summed E-state index contributed by atoms with van der Waals surface area (Å²) in [7, 11) is 0. The van der Waals surface area contributed by atoms with E-state index < -0.39 is 29.2 Å². The maximum absolute atomic E-state index is 12.0. The van der Waals surface area contributed by atoms with Gasteiger partial charge < -0.3 is 14.5 Å². The average molecular weight is 448 g/mol. The molecule has 0 spiro atoms. The third kappa shape index (κ3) is 5.28. The lowest BCUT2D eigenvalue weighted by Gasteiger charge is -2.10. The highest BCUT2D eigenvalue weighted by Gasteiger charge is 2.15. The molecule has 11 heteroatoms. The second-order valence-corrected chi connectivity index (χ2v) is 7.06. The average Bonchev–Trinajstić information content (AvgIpc) is 3.04. The Hall–Kier alpha value is -3.66. The number of carbonyl (C=O) groups is 2. The van der Waals surface area contributed by atoms with Crippen molar-refractivity contribution in [3.05, 3.63) is 67.6 Å². The molecule has 1 aromatic heterocycles. The fourth-order valence-corrected chi connectivity index (χ4v) is 3.08. The Morgan fingerprint density at radius 2 is 2.06 bits per heavy atom. The zero-order chi connectivity index (χ0) is 22.5. The summed E-state index contributed by atoms with van der Waals surface area (Å²) < 4.78 is 11.3. The van der Waals surface area contributed by atoms with Crippen molar-refractivity contribution in [3.63, 3.8) is 0 Å². The van der Waals surface area contributed by atoms with Crippen LogP contribution in [-0.4, -0.2) is 28.0 Å². The molecule has 0 aliphatic heterocycles. The highest BCUT2D eigenvalue weighted by atomic mass is 35.5. The molecule has 31 heavy (non-hydrogen) atoms. The van der Waals surface area contributed by atoms with Gasteiger partial charge >= 0.3 is 11.7 Å². The second kappa shape index (κ2) is 9.43. The molecule has 0 aliphatic rings. The van der Waals surface area contributed by atoms with E-state index in [9.17, 15) is 24.5 Å². The number of non-ortho nitro benzene ring substituents is 1. The molecule has 0 radical (unpaired) electrons. The second-order valence-electron chi connectivity index (χ2n) is 6.65. The number of ether oxygens (including phenoxy) is 1. The van der Waals surface area contributed by atoms with Crippen molar-refractivity contribution in [2.24, 2.45) is 0 Å². The third-order valence-corrected chi connectivity index (χ3v) is 4.94. The molecule has 162 valence electrons. The van der Waals surface area contributed by atoms with Crippen molar-refractivity contribution in [1.29, 1.82) is 0 Å².